The molecule has 0 aliphatic rings. The summed E-state index contributed by atoms with van der Waals surface area (Å²) in [7, 11) is 0. The molecule has 0 bridgehead atoms. The van der Waals surface area contributed by atoms with Crippen LogP contribution in [0.1, 0.15) is 35.7 Å². The predicted octanol–water partition coefficient (Wildman–Crippen LogP) is 5.75. The second kappa shape index (κ2) is 9.37. The molecule has 2 rings (SSSR count). The maximum Gasteiger partial charge on any atom is 0.237 e. The van der Waals surface area contributed by atoms with Crippen LogP contribution in [0.3, 0.4) is 0 Å². The second-order valence-electron chi connectivity index (χ2n) is 5.50. The van der Waals surface area contributed by atoms with Crippen LogP contribution in [0.15, 0.2) is 42.5 Å². The van der Waals surface area contributed by atoms with Gasteiger partial charge in [0.2, 0.25) is 5.91 Å². The second-order valence-corrected chi connectivity index (χ2v) is 6.91. The van der Waals surface area contributed by atoms with Crippen LogP contribution in [0.5, 0.6) is 0 Å². The minimum atomic E-state index is -0.257. The van der Waals surface area contributed by atoms with E-state index in [1.54, 1.807) is 47.4 Å². The Morgan fingerprint density at radius 2 is 1.80 bits per heavy atom. The summed E-state index contributed by atoms with van der Waals surface area (Å²) in [6, 6.07) is 11.8. The molecule has 2 aromatic rings. The smallest absolute Gasteiger partial charge is 0.237 e. The summed E-state index contributed by atoms with van der Waals surface area (Å²) in [5.41, 5.74) is 1.30. The molecule has 0 aliphatic heterocycles. The van der Waals surface area contributed by atoms with Crippen LogP contribution in [0.2, 0.25) is 10.0 Å². The van der Waals surface area contributed by atoms with E-state index in [1.807, 2.05) is 0 Å². The molecule has 0 saturated heterocycles. The van der Waals surface area contributed by atoms with Gasteiger partial charge in [-0.3, -0.25) is 9.59 Å². The van der Waals surface area contributed by atoms with Crippen molar-refractivity contribution in [3.05, 3.63) is 63.6 Å². The van der Waals surface area contributed by atoms with E-state index in [9.17, 15) is 9.59 Å². The van der Waals surface area contributed by atoms with Gasteiger partial charge >= 0.3 is 0 Å². The highest BCUT2D eigenvalue weighted by atomic mass is 79.9. The van der Waals surface area contributed by atoms with Gasteiger partial charge in [-0.1, -0.05) is 64.6 Å². The number of halogens is 3. The van der Waals surface area contributed by atoms with Gasteiger partial charge in [-0.25, -0.2) is 0 Å². The van der Waals surface area contributed by atoms with Crippen LogP contribution >= 0.6 is 39.1 Å². The molecule has 0 spiro atoms. The molecule has 3 nitrogen and oxygen atoms in total. The Labute approximate surface area is 166 Å². The number of unbranched alkanes of at least 4 members (excludes halogenated alkanes) is 1. The van der Waals surface area contributed by atoms with Crippen LogP contribution in [-0.2, 0) is 4.79 Å². The molecule has 0 heterocycles. The molecular formula is C19H18BrCl2NO2. The highest BCUT2D eigenvalue weighted by molar-refractivity contribution is 9.09. The van der Waals surface area contributed by atoms with Crippen LogP contribution < -0.4 is 4.90 Å². The van der Waals surface area contributed by atoms with Gasteiger partial charge in [-0.15, -0.1) is 0 Å². The lowest BCUT2D eigenvalue weighted by Crippen LogP contribution is -2.34. The van der Waals surface area contributed by atoms with Crippen LogP contribution in [0.4, 0.5) is 5.69 Å². The molecule has 25 heavy (non-hydrogen) atoms. The molecule has 0 atom stereocenters. The first kappa shape index (κ1) is 20.0. The largest absolute Gasteiger partial charge is 0.311 e. The molecule has 0 aromatic heterocycles. The molecule has 6 heteroatoms. The third-order valence-electron chi connectivity index (χ3n) is 3.76. The molecule has 0 saturated carbocycles. The zero-order valence-corrected chi connectivity index (χ0v) is 16.9. The van der Waals surface area contributed by atoms with E-state index < -0.39 is 0 Å². The number of anilines is 1. The monoisotopic (exact) mass is 441 g/mol. The van der Waals surface area contributed by atoms with E-state index in [2.05, 4.69) is 22.9 Å². The maximum absolute atomic E-state index is 13.0. The lowest BCUT2D eigenvalue weighted by atomic mass is 10.0. The van der Waals surface area contributed by atoms with Gasteiger partial charge in [0, 0.05) is 22.7 Å². The number of amides is 1. The average molecular weight is 443 g/mol. The van der Waals surface area contributed by atoms with Gasteiger partial charge in [0.05, 0.1) is 16.0 Å². The van der Waals surface area contributed by atoms with Crippen LogP contribution in [0.25, 0.3) is 0 Å². The first-order valence-corrected chi connectivity index (χ1v) is 9.82. The van der Waals surface area contributed by atoms with E-state index in [0.29, 0.717) is 33.4 Å². The fraction of sp³-hybridized carbons (Fsp3) is 0.263. The van der Waals surface area contributed by atoms with E-state index in [1.165, 1.54) is 0 Å². The number of alkyl halides is 1. The summed E-state index contributed by atoms with van der Waals surface area (Å²) in [4.78, 5) is 27.1. The van der Waals surface area contributed by atoms with E-state index >= 15 is 0 Å². The molecule has 0 aliphatic carbocycles. The number of hydrogen-bond acceptors (Lipinski definition) is 2. The van der Waals surface area contributed by atoms with Crippen molar-refractivity contribution in [1.82, 2.24) is 0 Å². The fourth-order valence-corrected chi connectivity index (χ4v) is 3.18. The van der Waals surface area contributed by atoms with E-state index in [-0.39, 0.29) is 17.0 Å². The molecule has 2 aromatic carbocycles. The normalized spacial score (nSPS) is 10.6. The van der Waals surface area contributed by atoms with Crippen molar-refractivity contribution in [2.45, 2.75) is 19.8 Å². The third-order valence-corrected chi connectivity index (χ3v) is 4.81. The predicted molar refractivity (Wildman–Crippen MR) is 107 cm³/mol. The van der Waals surface area contributed by atoms with Gasteiger partial charge in [0.25, 0.3) is 0 Å². The van der Waals surface area contributed by atoms with Crippen molar-refractivity contribution in [2.24, 2.45) is 0 Å². The minimum Gasteiger partial charge on any atom is -0.311 e. The Kier molecular flexibility index (Phi) is 7.48. The Hall–Kier alpha value is -1.36. The molecule has 1 amide bonds. The maximum atomic E-state index is 13.0. The Morgan fingerprint density at radius 1 is 1.08 bits per heavy atom. The molecule has 0 unspecified atom stereocenters. The highest BCUT2D eigenvalue weighted by Gasteiger charge is 2.23. The number of benzene rings is 2. The van der Waals surface area contributed by atoms with E-state index in [0.717, 1.165) is 12.8 Å². The number of carbonyl (C=O) groups excluding carboxylic acids is 2. The first-order chi connectivity index (χ1) is 12.0. The van der Waals surface area contributed by atoms with Gasteiger partial charge < -0.3 is 4.90 Å². The van der Waals surface area contributed by atoms with Gasteiger partial charge in [0.1, 0.15) is 0 Å². The van der Waals surface area contributed by atoms with Crippen molar-refractivity contribution in [2.75, 3.05) is 16.8 Å². The lowest BCUT2D eigenvalue weighted by molar-refractivity contribution is -0.116. The van der Waals surface area contributed by atoms with Crippen molar-refractivity contribution < 1.29 is 9.59 Å². The van der Waals surface area contributed by atoms with Crippen LogP contribution in [-0.4, -0.2) is 23.6 Å². The van der Waals surface area contributed by atoms with E-state index in [4.69, 9.17) is 23.2 Å². The van der Waals surface area contributed by atoms with Crippen molar-refractivity contribution in [1.29, 1.82) is 0 Å². The SMILES string of the molecule is CCCCN(C(=O)CBr)c1ccc(Cl)cc1C(=O)c1ccccc1Cl. The number of rotatable bonds is 7. The third kappa shape index (κ3) is 4.84. The summed E-state index contributed by atoms with van der Waals surface area (Å²) >= 11 is 15.5. The quantitative estimate of drug-likeness (QED) is 0.404. The molecule has 132 valence electrons. The Bertz CT molecular complexity index is 780. The average Bonchev–Trinajstić information content (AvgIpc) is 2.62. The zero-order valence-electron chi connectivity index (χ0n) is 13.8. The van der Waals surface area contributed by atoms with Crippen molar-refractivity contribution in [3.8, 4) is 0 Å². The molecular weight excluding hydrogens is 425 g/mol. The molecule has 0 fully saturated rings. The number of carbonyl (C=O) groups is 2. The highest BCUT2D eigenvalue weighted by Crippen LogP contribution is 2.29. The van der Waals surface area contributed by atoms with Crippen LogP contribution in [0, 0.1) is 0 Å². The topological polar surface area (TPSA) is 37.4 Å². The molecule has 0 radical (unpaired) electrons. The molecule has 0 N–H and O–H groups in total. The standard InChI is InChI=1S/C19H18BrCl2NO2/c1-2-3-10-23(18(24)12-20)17-9-8-13(21)11-15(17)19(25)14-6-4-5-7-16(14)22/h4-9,11H,2-3,10,12H2,1H3. The number of hydrogen-bond donors (Lipinski definition) is 0. The van der Waals surface area contributed by atoms with Crippen molar-refractivity contribution in [3.63, 3.8) is 0 Å². The summed E-state index contributed by atoms with van der Waals surface area (Å²) in [6.07, 6.45) is 1.77. The summed E-state index contributed by atoms with van der Waals surface area (Å²) < 4.78 is 0. The fourth-order valence-electron chi connectivity index (χ4n) is 2.48. The van der Waals surface area contributed by atoms with Crippen molar-refractivity contribution >= 4 is 56.5 Å². The number of nitrogens with zero attached hydrogens (tertiary/aromatic N) is 1. The van der Waals surface area contributed by atoms with Gasteiger partial charge in [-0.05, 0) is 36.8 Å². The lowest BCUT2D eigenvalue weighted by Gasteiger charge is -2.24. The summed E-state index contributed by atoms with van der Waals surface area (Å²) in [5.74, 6) is -0.365. The number of ketones is 1. The van der Waals surface area contributed by atoms with Gasteiger partial charge in [0.15, 0.2) is 5.78 Å². The summed E-state index contributed by atoms with van der Waals surface area (Å²) in [5, 5.41) is 0.977. The first-order valence-electron chi connectivity index (χ1n) is 7.94. The summed E-state index contributed by atoms with van der Waals surface area (Å²) in [6.45, 7) is 2.58. The Balaban J connectivity index is 2.54. The Morgan fingerprint density at radius 3 is 2.44 bits per heavy atom. The zero-order chi connectivity index (χ0) is 18.4. The minimum absolute atomic E-state index is 0.107. The van der Waals surface area contributed by atoms with Gasteiger partial charge in [-0.2, -0.15) is 0 Å².